The van der Waals surface area contributed by atoms with Gasteiger partial charge in [0.25, 0.3) is 5.91 Å². The Morgan fingerprint density at radius 1 is 1.39 bits per heavy atom. The van der Waals surface area contributed by atoms with Crippen LogP contribution in [-0.2, 0) is 15.6 Å². The minimum Gasteiger partial charge on any atom is -0.348 e. The van der Waals surface area contributed by atoms with Gasteiger partial charge in [-0.15, -0.1) is 23.1 Å². The first-order chi connectivity index (χ1) is 11.0. The number of nitrogens with zero attached hydrogens (tertiary/aromatic N) is 1. The summed E-state index contributed by atoms with van der Waals surface area (Å²) in [4.78, 5) is 17.6. The van der Waals surface area contributed by atoms with Crippen LogP contribution in [0.3, 0.4) is 0 Å². The fourth-order valence-electron chi connectivity index (χ4n) is 2.41. The Kier molecular flexibility index (Phi) is 5.03. The lowest BCUT2D eigenvalue weighted by Gasteiger charge is -2.13. The van der Waals surface area contributed by atoms with E-state index in [0.29, 0.717) is 17.7 Å². The van der Waals surface area contributed by atoms with Crippen LogP contribution < -0.4 is 5.32 Å². The van der Waals surface area contributed by atoms with E-state index in [-0.39, 0.29) is 23.5 Å². The van der Waals surface area contributed by atoms with Crippen LogP contribution in [0, 0.1) is 0 Å². The highest BCUT2D eigenvalue weighted by Crippen LogP contribution is 2.26. The van der Waals surface area contributed by atoms with E-state index >= 15 is 0 Å². The lowest BCUT2D eigenvalue weighted by atomic mass is 10.2. The van der Waals surface area contributed by atoms with E-state index < -0.39 is 9.84 Å². The second-order valence-electron chi connectivity index (χ2n) is 5.34. The lowest BCUT2D eigenvalue weighted by molar-refractivity contribution is 0.0938. The fourth-order valence-corrected chi connectivity index (χ4v) is 5.70. The van der Waals surface area contributed by atoms with Crippen molar-refractivity contribution in [2.45, 2.75) is 23.1 Å². The molecule has 1 aromatic heterocycles. The van der Waals surface area contributed by atoms with Crippen LogP contribution in [0.1, 0.15) is 22.5 Å². The molecule has 1 N–H and O–H groups in total. The van der Waals surface area contributed by atoms with Crippen molar-refractivity contribution in [1.29, 1.82) is 0 Å². The molecule has 1 aromatic carbocycles. The van der Waals surface area contributed by atoms with E-state index in [9.17, 15) is 13.2 Å². The van der Waals surface area contributed by atoms with Gasteiger partial charge in [0, 0.05) is 22.1 Å². The van der Waals surface area contributed by atoms with Crippen LogP contribution in [0.5, 0.6) is 0 Å². The molecule has 23 heavy (non-hydrogen) atoms. The third-order valence-corrected chi connectivity index (χ3v) is 7.07. The number of carbonyl (C=O) groups is 1. The molecule has 0 unspecified atom stereocenters. The second-order valence-corrected chi connectivity index (χ2v) is 9.30. The number of carbonyl (C=O) groups excluding carboxylic acids is 1. The summed E-state index contributed by atoms with van der Waals surface area (Å²) < 4.78 is 23.0. The number of sulfone groups is 1. The van der Waals surface area contributed by atoms with Gasteiger partial charge >= 0.3 is 0 Å². The lowest BCUT2D eigenvalue weighted by Crippen LogP contribution is -2.35. The molecule has 1 aliphatic rings. The van der Waals surface area contributed by atoms with E-state index in [1.54, 1.807) is 34.7 Å². The van der Waals surface area contributed by atoms with Crippen LogP contribution >= 0.6 is 23.1 Å². The van der Waals surface area contributed by atoms with Gasteiger partial charge < -0.3 is 5.32 Å². The summed E-state index contributed by atoms with van der Waals surface area (Å²) in [5.74, 6) is 0.671. The van der Waals surface area contributed by atoms with Crippen molar-refractivity contribution < 1.29 is 13.2 Å². The third kappa shape index (κ3) is 4.33. The molecule has 0 spiro atoms. The predicted molar refractivity (Wildman–Crippen MR) is 92.6 cm³/mol. The van der Waals surface area contributed by atoms with E-state index in [2.05, 4.69) is 10.3 Å². The number of aromatic nitrogens is 1. The monoisotopic (exact) mass is 368 g/mol. The summed E-state index contributed by atoms with van der Waals surface area (Å²) in [6.45, 7) is 0. The first-order valence-electron chi connectivity index (χ1n) is 7.14. The maximum Gasteiger partial charge on any atom is 0.252 e. The Morgan fingerprint density at radius 3 is 2.91 bits per heavy atom. The van der Waals surface area contributed by atoms with Crippen LogP contribution in [0.2, 0.25) is 0 Å². The third-order valence-electron chi connectivity index (χ3n) is 3.56. The molecule has 0 radical (unpaired) electrons. The summed E-state index contributed by atoms with van der Waals surface area (Å²) in [5, 5.41) is 4.82. The number of thiazole rings is 1. The van der Waals surface area contributed by atoms with Gasteiger partial charge in [-0.3, -0.25) is 4.79 Å². The zero-order chi connectivity index (χ0) is 16.3. The summed E-state index contributed by atoms with van der Waals surface area (Å²) in [6.07, 6.45) is 0.488. The van der Waals surface area contributed by atoms with Crippen molar-refractivity contribution in [3.63, 3.8) is 0 Å². The molecule has 0 bridgehead atoms. The normalized spacial score (nSPS) is 19.6. The maximum absolute atomic E-state index is 12.5. The molecule has 0 aliphatic carbocycles. The first kappa shape index (κ1) is 16.5. The minimum absolute atomic E-state index is 0.0346. The molecule has 2 heterocycles. The zero-order valence-corrected chi connectivity index (χ0v) is 14.7. The number of benzene rings is 1. The average molecular weight is 369 g/mol. The summed E-state index contributed by atoms with van der Waals surface area (Å²) in [6, 6.07) is 7.08. The summed E-state index contributed by atoms with van der Waals surface area (Å²) in [7, 11) is -3.00. The number of thioether (sulfide) groups is 1. The molecule has 122 valence electrons. The van der Waals surface area contributed by atoms with E-state index in [1.807, 2.05) is 23.6 Å². The number of nitrogens with one attached hydrogen (secondary N) is 1. The van der Waals surface area contributed by atoms with Crippen molar-refractivity contribution in [1.82, 2.24) is 10.3 Å². The molecule has 8 heteroatoms. The zero-order valence-electron chi connectivity index (χ0n) is 12.3. The molecule has 2 aromatic rings. The smallest absolute Gasteiger partial charge is 0.252 e. The Labute approximate surface area is 143 Å². The first-order valence-corrected chi connectivity index (χ1v) is 10.9. The van der Waals surface area contributed by atoms with Crippen molar-refractivity contribution >= 4 is 38.8 Å². The van der Waals surface area contributed by atoms with Gasteiger partial charge in [-0.05, 0) is 18.6 Å². The van der Waals surface area contributed by atoms with Gasteiger partial charge in [0.05, 0.1) is 28.3 Å². The van der Waals surface area contributed by atoms with Crippen molar-refractivity contribution in [2.75, 3.05) is 11.5 Å². The Hall–Kier alpha value is -1.38. The number of hydrogen-bond acceptors (Lipinski definition) is 6. The minimum atomic E-state index is -3.00. The van der Waals surface area contributed by atoms with Crippen molar-refractivity contribution in [3.05, 3.63) is 46.4 Å². The van der Waals surface area contributed by atoms with E-state index in [4.69, 9.17) is 0 Å². The number of rotatable bonds is 5. The second kappa shape index (κ2) is 7.02. The van der Waals surface area contributed by atoms with Gasteiger partial charge in [-0.2, -0.15) is 0 Å². The highest BCUT2D eigenvalue weighted by Gasteiger charge is 2.29. The molecule has 1 fully saturated rings. The molecule has 1 aliphatic heterocycles. The van der Waals surface area contributed by atoms with E-state index in [1.165, 1.54) is 0 Å². The molecular weight excluding hydrogens is 352 g/mol. The molecule has 0 saturated carbocycles. The number of amides is 1. The topological polar surface area (TPSA) is 76.1 Å². The van der Waals surface area contributed by atoms with Gasteiger partial charge in [-0.1, -0.05) is 12.1 Å². The quantitative estimate of drug-likeness (QED) is 0.820. The highest BCUT2D eigenvalue weighted by atomic mass is 32.2. The molecular formula is C15H16N2O3S3. The van der Waals surface area contributed by atoms with Crippen molar-refractivity contribution in [2.24, 2.45) is 0 Å². The van der Waals surface area contributed by atoms with Gasteiger partial charge in [0.1, 0.15) is 0 Å². The Bertz CT molecular complexity index is 788. The molecule has 1 amide bonds. The molecule has 5 nitrogen and oxygen atoms in total. The van der Waals surface area contributed by atoms with Gasteiger partial charge in [0.2, 0.25) is 0 Å². The average Bonchev–Trinajstić information content (AvgIpc) is 3.15. The van der Waals surface area contributed by atoms with E-state index in [0.717, 1.165) is 10.6 Å². The van der Waals surface area contributed by atoms with Crippen LogP contribution in [0.25, 0.3) is 0 Å². The highest BCUT2D eigenvalue weighted by molar-refractivity contribution is 7.98. The largest absolute Gasteiger partial charge is 0.348 e. The summed E-state index contributed by atoms with van der Waals surface area (Å²) >= 11 is 3.10. The Morgan fingerprint density at radius 2 is 2.22 bits per heavy atom. The molecule has 3 rings (SSSR count). The van der Waals surface area contributed by atoms with Gasteiger partial charge in [-0.25, -0.2) is 13.4 Å². The van der Waals surface area contributed by atoms with Crippen molar-refractivity contribution in [3.8, 4) is 0 Å². The molecule has 1 atom stereocenters. The molecule has 1 saturated heterocycles. The van der Waals surface area contributed by atoms with Crippen LogP contribution in [0.4, 0.5) is 0 Å². The van der Waals surface area contributed by atoms with Crippen LogP contribution in [-0.4, -0.2) is 36.9 Å². The predicted octanol–water partition coefficient (Wildman–Crippen LogP) is 2.35. The van der Waals surface area contributed by atoms with Crippen LogP contribution in [0.15, 0.2) is 40.1 Å². The standard InChI is InChI=1S/C15H16N2O3S3/c18-15(17-11-5-6-23(19,20)9-11)13-3-1-2-4-14(13)22-8-12-7-21-10-16-12/h1-4,7,10-11H,5-6,8-9H2,(H,17,18)/t11-/m1/s1. The van der Waals surface area contributed by atoms with Gasteiger partial charge in [0.15, 0.2) is 9.84 Å². The summed E-state index contributed by atoms with van der Waals surface area (Å²) in [5.41, 5.74) is 3.35. The maximum atomic E-state index is 12.5. The Balaban J connectivity index is 1.68. The number of hydrogen-bond donors (Lipinski definition) is 1. The fraction of sp³-hybridized carbons (Fsp3) is 0.333. The SMILES string of the molecule is O=C(N[C@@H]1CCS(=O)(=O)C1)c1ccccc1SCc1cscn1.